The summed E-state index contributed by atoms with van der Waals surface area (Å²) in [7, 11) is -0.942. The van der Waals surface area contributed by atoms with E-state index in [4.69, 9.17) is 4.74 Å². The van der Waals surface area contributed by atoms with E-state index in [1.165, 1.54) is 30.5 Å². The molecule has 0 radical (unpaired) electrons. The smallest absolute Gasteiger partial charge is 0.486 e. The van der Waals surface area contributed by atoms with E-state index in [9.17, 15) is 30.4 Å². The Bertz CT molecular complexity index is 1410. The lowest BCUT2D eigenvalue weighted by Gasteiger charge is -2.40. The summed E-state index contributed by atoms with van der Waals surface area (Å²) in [4.78, 5) is 8.28. The van der Waals surface area contributed by atoms with Crippen molar-refractivity contribution in [3.05, 3.63) is 72.2 Å². The molecule has 1 saturated carbocycles. The molecule has 0 amide bonds. The van der Waals surface area contributed by atoms with Crippen molar-refractivity contribution in [1.82, 2.24) is 14.9 Å². The quantitative estimate of drug-likeness (QED) is 0.376. The first-order valence-electron chi connectivity index (χ1n) is 11.8. The largest absolute Gasteiger partial charge is 0.573 e. The van der Waals surface area contributed by atoms with E-state index >= 15 is 0 Å². The Labute approximate surface area is 221 Å². The van der Waals surface area contributed by atoms with Gasteiger partial charge in [-0.05, 0) is 63.0 Å². The molecule has 210 valence electrons. The summed E-state index contributed by atoms with van der Waals surface area (Å²) in [6.07, 6.45) is -1.68. The van der Waals surface area contributed by atoms with E-state index in [2.05, 4.69) is 19.4 Å². The summed E-state index contributed by atoms with van der Waals surface area (Å²) < 4.78 is 105. The molecular formula is C25H25F5N4O4S. The standard InChI is InChI=1S/C25H25F5N4O4S/c1-34(2)20-11-16(15-4-3-5-17(10-15)38-25(28,29)30)6-7-21(20)37-22-12-19(27)23(13-18(22)26)39(35,36)33-24-8-9-31-14-32-24/h3-5,8-10,12-14,16,20-21H,6-7,11H2,1-2H3,(H,31,32,33)/t16-,20-,21-/m0/s1. The molecule has 1 aliphatic rings. The van der Waals surface area contributed by atoms with Gasteiger partial charge in [0, 0.05) is 24.4 Å². The lowest BCUT2D eigenvalue weighted by Crippen LogP contribution is -2.46. The zero-order valence-electron chi connectivity index (χ0n) is 20.8. The first-order valence-corrected chi connectivity index (χ1v) is 13.3. The maximum Gasteiger partial charge on any atom is 0.573 e. The first-order chi connectivity index (χ1) is 18.3. The predicted molar refractivity (Wildman–Crippen MR) is 131 cm³/mol. The molecular weight excluding hydrogens is 547 g/mol. The molecule has 1 fully saturated rings. The van der Waals surface area contributed by atoms with E-state index in [-0.39, 0.29) is 23.5 Å². The van der Waals surface area contributed by atoms with Crippen molar-refractivity contribution < 1.29 is 39.8 Å². The summed E-state index contributed by atoms with van der Waals surface area (Å²) in [5.41, 5.74) is 0.657. The Hall–Kier alpha value is -3.52. The fourth-order valence-electron chi connectivity index (χ4n) is 4.58. The van der Waals surface area contributed by atoms with E-state index in [0.717, 1.165) is 6.33 Å². The zero-order chi connectivity index (χ0) is 28.4. The van der Waals surface area contributed by atoms with Gasteiger partial charge in [-0.1, -0.05) is 12.1 Å². The number of anilines is 1. The number of hydrogen-bond acceptors (Lipinski definition) is 7. The molecule has 3 aromatic rings. The molecule has 0 spiro atoms. The van der Waals surface area contributed by atoms with Gasteiger partial charge in [0.05, 0.1) is 0 Å². The maximum absolute atomic E-state index is 15.0. The van der Waals surface area contributed by atoms with Crippen LogP contribution >= 0.6 is 0 Å². The van der Waals surface area contributed by atoms with Crippen LogP contribution in [0.2, 0.25) is 0 Å². The number of aromatic nitrogens is 2. The molecule has 14 heteroatoms. The SMILES string of the molecule is CN(C)[C@H]1C[C@@H](c2cccc(OC(F)(F)F)c2)CC[C@@H]1Oc1cc(F)c(S(=O)(=O)Nc2ccncn2)cc1F. The zero-order valence-corrected chi connectivity index (χ0v) is 21.6. The topological polar surface area (TPSA) is 93.7 Å². The number of alkyl halides is 3. The van der Waals surface area contributed by atoms with E-state index in [1.807, 2.05) is 4.90 Å². The second kappa shape index (κ2) is 11.3. The van der Waals surface area contributed by atoms with Crippen LogP contribution in [-0.2, 0) is 10.0 Å². The summed E-state index contributed by atoms with van der Waals surface area (Å²) in [6, 6.07) is 7.93. The van der Waals surface area contributed by atoms with Gasteiger partial charge in [0.25, 0.3) is 10.0 Å². The number of nitrogens with one attached hydrogen (secondary N) is 1. The van der Waals surface area contributed by atoms with Crippen LogP contribution in [0.5, 0.6) is 11.5 Å². The number of nitrogens with zero attached hydrogens (tertiary/aromatic N) is 3. The Morgan fingerprint density at radius 2 is 1.82 bits per heavy atom. The summed E-state index contributed by atoms with van der Waals surface area (Å²) >= 11 is 0. The fraction of sp³-hybridized carbons (Fsp3) is 0.360. The third kappa shape index (κ3) is 7.12. The minimum absolute atomic E-state index is 0.119. The molecule has 4 rings (SSSR count). The fourth-order valence-corrected chi connectivity index (χ4v) is 5.66. The van der Waals surface area contributed by atoms with Gasteiger partial charge in [0.2, 0.25) is 0 Å². The molecule has 1 heterocycles. The van der Waals surface area contributed by atoms with Crippen molar-refractivity contribution >= 4 is 15.8 Å². The number of ether oxygens (including phenoxy) is 2. The number of benzene rings is 2. The third-order valence-corrected chi connectivity index (χ3v) is 7.73. The molecule has 0 saturated heterocycles. The number of rotatable bonds is 8. The first kappa shape index (κ1) is 28.5. The van der Waals surface area contributed by atoms with Crippen LogP contribution in [-0.4, -0.2) is 55.9 Å². The van der Waals surface area contributed by atoms with Gasteiger partial charge in [-0.25, -0.2) is 27.2 Å². The van der Waals surface area contributed by atoms with Gasteiger partial charge < -0.3 is 14.4 Å². The molecule has 0 bridgehead atoms. The maximum atomic E-state index is 15.0. The van der Waals surface area contributed by atoms with Crippen LogP contribution in [0.3, 0.4) is 0 Å². The number of halogens is 5. The highest BCUT2D eigenvalue weighted by atomic mass is 32.2. The Balaban J connectivity index is 1.50. The van der Waals surface area contributed by atoms with Crippen molar-refractivity contribution in [2.24, 2.45) is 0 Å². The van der Waals surface area contributed by atoms with Crippen LogP contribution in [0.25, 0.3) is 0 Å². The summed E-state index contributed by atoms with van der Waals surface area (Å²) in [5, 5.41) is 0. The van der Waals surface area contributed by atoms with Crippen LogP contribution in [0, 0.1) is 11.6 Å². The molecule has 0 unspecified atom stereocenters. The molecule has 1 aromatic heterocycles. The van der Waals surface area contributed by atoms with Gasteiger partial charge in [-0.2, -0.15) is 0 Å². The van der Waals surface area contributed by atoms with E-state index in [1.54, 1.807) is 20.2 Å². The van der Waals surface area contributed by atoms with Crippen molar-refractivity contribution in [3.63, 3.8) is 0 Å². The van der Waals surface area contributed by atoms with Crippen LogP contribution in [0.1, 0.15) is 30.7 Å². The normalized spacial score (nSPS) is 20.1. The highest BCUT2D eigenvalue weighted by Crippen LogP contribution is 2.39. The minimum Gasteiger partial charge on any atom is -0.486 e. The minimum atomic E-state index is -4.81. The average molecular weight is 573 g/mol. The average Bonchev–Trinajstić information content (AvgIpc) is 2.85. The molecule has 1 aliphatic carbocycles. The van der Waals surface area contributed by atoms with E-state index in [0.29, 0.717) is 37.0 Å². The van der Waals surface area contributed by atoms with Crippen molar-refractivity contribution in [2.45, 2.75) is 48.6 Å². The van der Waals surface area contributed by atoms with Crippen LogP contribution < -0.4 is 14.2 Å². The van der Waals surface area contributed by atoms with Gasteiger partial charge in [0.1, 0.15) is 34.7 Å². The van der Waals surface area contributed by atoms with Gasteiger partial charge in [-0.3, -0.25) is 4.72 Å². The summed E-state index contributed by atoms with van der Waals surface area (Å²) in [5.74, 6) is -3.31. The molecule has 0 aliphatic heterocycles. The Morgan fingerprint density at radius 1 is 1.05 bits per heavy atom. The Morgan fingerprint density at radius 3 is 2.49 bits per heavy atom. The van der Waals surface area contributed by atoms with Crippen molar-refractivity contribution in [1.29, 1.82) is 0 Å². The predicted octanol–water partition coefficient (Wildman–Crippen LogP) is 5.10. The number of likely N-dealkylation sites (N-methyl/N-ethyl adjacent to an activating group) is 1. The van der Waals surface area contributed by atoms with Gasteiger partial charge >= 0.3 is 6.36 Å². The lowest BCUT2D eigenvalue weighted by molar-refractivity contribution is -0.274. The Kier molecular flexibility index (Phi) is 8.25. The molecule has 3 atom stereocenters. The van der Waals surface area contributed by atoms with Gasteiger partial charge in [0.15, 0.2) is 11.6 Å². The molecule has 8 nitrogen and oxygen atoms in total. The number of hydrogen-bond donors (Lipinski definition) is 1. The summed E-state index contributed by atoms with van der Waals surface area (Å²) in [6.45, 7) is 0. The van der Waals surface area contributed by atoms with Crippen molar-refractivity contribution in [3.8, 4) is 11.5 Å². The lowest BCUT2D eigenvalue weighted by atomic mass is 9.79. The molecule has 2 aromatic carbocycles. The monoisotopic (exact) mass is 572 g/mol. The highest BCUT2D eigenvalue weighted by Gasteiger charge is 2.36. The van der Waals surface area contributed by atoms with Crippen LogP contribution in [0.4, 0.5) is 27.8 Å². The number of sulfonamides is 1. The molecule has 39 heavy (non-hydrogen) atoms. The van der Waals surface area contributed by atoms with Crippen molar-refractivity contribution in [2.75, 3.05) is 18.8 Å². The second-order valence-corrected chi connectivity index (χ2v) is 10.9. The second-order valence-electron chi connectivity index (χ2n) is 9.23. The third-order valence-electron chi connectivity index (χ3n) is 6.36. The molecule has 1 N–H and O–H groups in total. The van der Waals surface area contributed by atoms with E-state index < -0.39 is 44.8 Å². The highest BCUT2D eigenvalue weighted by molar-refractivity contribution is 7.92. The van der Waals surface area contributed by atoms with Gasteiger partial charge in [-0.15, -0.1) is 13.2 Å². The van der Waals surface area contributed by atoms with Crippen LogP contribution in [0.15, 0.2) is 59.9 Å².